The summed E-state index contributed by atoms with van der Waals surface area (Å²) in [6, 6.07) is 15.5. The Kier molecular flexibility index (Phi) is 6.12. The molecule has 1 aliphatic heterocycles. The number of nitrogens with zero attached hydrogens (tertiary/aromatic N) is 1. The number of benzene rings is 3. The molecule has 5 nitrogen and oxygen atoms in total. The molecule has 1 heterocycles. The van der Waals surface area contributed by atoms with E-state index in [4.69, 9.17) is 14.2 Å². The fraction of sp³-hybridized carbons (Fsp3) is 0.286. The second-order valence-electron chi connectivity index (χ2n) is 8.79. The van der Waals surface area contributed by atoms with Gasteiger partial charge in [-0.05, 0) is 53.3 Å². The number of hydrogen-bond donors (Lipinski definition) is 0. The number of rotatable bonds is 6. The zero-order chi connectivity index (χ0) is 24.5. The molecule has 178 valence electrons. The smallest absolute Gasteiger partial charge is 0.306 e. The van der Waals surface area contributed by atoms with Crippen molar-refractivity contribution in [1.82, 2.24) is 0 Å². The lowest BCUT2D eigenvalue weighted by Gasteiger charge is -2.17. The van der Waals surface area contributed by atoms with E-state index >= 15 is 0 Å². The van der Waals surface area contributed by atoms with E-state index < -0.39 is 11.6 Å². The monoisotopic (exact) mass is 475 g/mol. The van der Waals surface area contributed by atoms with Gasteiger partial charge in [-0.2, -0.15) is 5.26 Å². The van der Waals surface area contributed by atoms with Gasteiger partial charge in [0.25, 0.3) is 0 Å². The third kappa shape index (κ3) is 4.32. The van der Waals surface area contributed by atoms with Crippen molar-refractivity contribution in [2.24, 2.45) is 0 Å². The van der Waals surface area contributed by atoms with E-state index in [1.54, 1.807) is 12.1 Å². The van der Waals surface area contributed by atoms with E-state index in [-0.39, 0.29) is 36.4 Å². The molecule has 2 atom stereocenters. The van der Waals surface area contributed by atoms with Gasteiger partial charge in [-0.15, -0.1) is 0 Å². The molecular weight excluding hydrogens is 452 g/mol. The summed E-state index contributed by atoms with van der Waals surface area (Å²) in [6.45, 7) is 0.414. The highest BCUT2D eigenvalue weighted by Gasteiger charge is 2.30. The maximum atomic E-state index is 14.3. The summed E-state index contributed by atoms with van der Waals surface area (Å²) in [5, 5.41) is 9.64. The molecule has 0 radical (unpaired) electrons. The number of carbonyl (C=O) groups excluding carboxylic acids is 1. The van der Waals surface area contributed by atoms with Crippen molar-refractivity contribution in [2.45, 2.75) is 37.7 Å². The first kappa shape index (κ1) is 22.9. The van der Waals surface area contributed by atoms with Gasteiger partial charge in [0.2, 0.25) is 0 Å². The van der Waals surface area contributed by atoms with Gasteiger partial charge in [0.15, 0.2) is 11.6 Å². The number of ether oxygens (including phenoxy) is 3. The Morgan fingerprint density at radius 3 is 2.80 bits per heavy atom. The van der Waals surface area contributed by atoms with Gasteiger partial charge in [0, 0.05) is 24.0 Å². The molecule has 1 aliphatic carbocycles. The molecule has 0 spiro atoms. The largest absolute Gasteiger partial charge is 0.492 e. The van der Waals surface area contributed by atoms with E-state index in [0.717, 1.165) is 22.8 Å². The van der Waals surface area contributed by atoms with Crippen molar-refractivity contribution in [3.63, 3.8) is 0 Å². The molecular formula is C28H23F2NO4. The second kappa shape index (κ2) is 9.38. The Morgan fingerprint density at radius 1 is 1.17 bits per heavy atom. The maximum Gasteiger partial charge on any atom is 0.306 e. The molecule has 1 unspecified atom stereocenters. The topological polar surface area (TPSA) is 68.6 Å². The predicted octanol–water partition coefficient (Wildman–Crippen LogP) is 5.53. The van der Waals surface area contributed by atoms with Crippen molar-refractivity contribution in [3.05, 3.63) is 93.5 Å². The van der Waals surface area contributed by atoms with Crippen LogP contribution in [0.15, 0.2) is 48.5 Å². The molecule has 2 aliphatic rings. The maximum absolute atomic E-state index is 14.3. The number of hydrogen-bond acceptors (Lipinski definition) is 5. The number of esters is 1. The SMILES string of the molecule is COC(=O)CC1COc2cc(O[C@@H]3CCc4c3ccc(C#N)c4Cc3cccc(F)c3F)ccc21. The minimum absolute atomic E-state index is 0.0473. The summed E-state index contributed by atoms with van der Waals surface area (Å²) in [5.74, 6) is -0.779. The molecule has 0 aromatic heterocycles. The summed E-state index contributed by atoms with van der Waals surface area (Å²) >= 11 is 0. The van der Waals surface area contributed by atoms with E-state index in [0.29, 0.717) is 42.1 Å². The molecule has 0 saturated heterocycles. The lowest BCUT2D eigenvalue weighted by Crippen LogP contribution is -2.09. The standard InChI is InChI=1S/C28H23F2NO4/c1-33-27(32)12-18-15-34-26-13-19(6-8-20(18)26)35-25-10-9-21-22(25)7-5-17(14-31)23(21)11-16-3-2-4-24(29)28(16)30/h2-8,13,18,25H,9-12,15H2,1H3/t18?,25-/m1/s1. The quantitative estimate of drug-likeness (QED) is 0.439. The molecule has 0 saturated carbocycles. The van der Waals surface area contributed by atoms with E-state index in [9.17, 15) is 18.8 Å². The fourth-order valence-corrected chi connectivity index (χ4v) is 4.99. The Hall–Kier alpha value is -3.92. The average Bonchev–Trinajstić information content (AvgIpc) is 3.46. The van der Waals surface area contributed by atoms with Gasteiger partial charge in [-0.1, -0.05) is 24.3 Å². The second-order valence-corrected chi connectivity index (χ2v) is 8.79. The average molecular weight is 475 g/mol. The highest BCUT2D eigenvalue weighted by molar-refractivity contribution is 5.71. The van der Waals surface area contributed by atoms with Crippen molar-refractivity contribution in [1.29, 1.82) is 5.26 Å². The first-order chi connectivity index (χ1) is 17.0. The third-order valence-corrected chi connectivity index (χ3v) is 6.77. The highest BCUT2D eigenvalue weighted by atomic mass is 19.2. The van der Waals surface area contributed by atoms with Gasteiger partial charge >= 0.3 is 5.97 Å². The van der Waals surface area contributed by atoms with Gasteiger partial charge in [-0.25, -0.2) is 8.78 Å². The van der Waals surface area contributed by atoms with Gasteiger partial charge in [0.1, 0.15) is 17.6 Å². The molecule has 7 heteroatoms. The minimum atomic E-state index is -0.901. The first-order valence-corrected chi connectivity index (χ1v) is 11.5. The van der Waals surface area contributed by atoms with Crippen LogP contribution in [-0.2, 0) is 22.4 Å². The van der Waals surface area contributed by atoms with Crippen molar-refractivity contribution in [2.75, 3.05) is 13.7 Å². The lowest BCUT2D eigenvalue weighted by molar-refractivity contribution is -0.141. The Balaban J connectivity index is 1.39. The normalized spacial score (nSPS) is 17.8. The van der Waals surface area contributed by atoms with Crippen molar-refractivity contribution < 1.29 is 27.8 Å². The highest BCUT2D eigenvalue weighted by Crippen LogP contribution is 2.42. The van der Waals surface area contributed by atoms with E-state index in [1.165, 1.54) is 13.2 Å². The Bertz CT molecular complexity index is 1350. The number of fused-ring (bicyclic) bond motifs is 2. The van der Waals surface area contributed by atoms with E-state index in [2.05, 4.69) is 6.07 Å². The molecule has 5 rings (SSSR count). The van der Waals surface area contributed by atoms with Gasteiger partial charge in [0.05, 0.1) is 31.8 Å². The van der Waals surface area contributed by atoms with Gasteiger partial charge < -0.3 is 14.2 Å². The summed E-state index contributed by atoms with van der Waals surface area (Å²) in [5.41, 5.74) is 4.23. The molecule has 0 bridgehead atoms. The molecule has 3 aromatic carbocycles. The third-order valence-electron chi connectivity index (χ3n) is 6.77. The summed E-state index contributed by atoms with van der Waals surface area (Å²) in [4.78, 5) is 11.7. The Labute approximate surface area is 201 Å². The minimum Gasteiger partial charge on any atom is -0.492 e. The van der Waals surface area contributed by atoms with Crippen LogP contribution >= 0.6 is 0 Å². The summed E-state index contributed by atoms with van der Waals surface area (Å²) < 4.78 is 44.9. The van der Waals surface area contributed by atoms with Gasteiger partial charge in [-0.3, -0.25) is 4.79 Å². The number of carbonyl (C=O) groups is 1. The molecule has 3 aromatic rings. The van der Waals surface area contributed by atoms with Crippen molar-refractivity contribution in [3.8, 4) is 17.6 Å². The lowest BCUT2D eigenvalue weighted by atomic mass is 9.92. The first-order valence-electron chi connectivity index (χ1n) is 11.5. The number of nitriles is 1. The zero-order valence-corrected chi connectivity index (χ0v) is 19.1. The predicted molar refractivity (Wildman–Crippen MR) is 123 cm³/mol. The van der Waals surface area contributed by atoms with Crippen LogP contribution in [0.25, 0.3) is 0 Å². The molecule has 35 heavy (non-hydrogen) atoms. The molecule has 0 N–H and O–H groups in total. The summed E-state index contributed by atoms with van der Waals surface area (Å²) in [6.07, 6.45) is 1.53. The van der Waals surface area contributed by atoms with Crippen molar-refractivity contribution >= 4 is 5.97 Å². The van der Waals surface area contributed by atoms with Crippen LogP contribution in [0.2, 0.25) is 0 Å². The Morgan fingerprint density at radius 2 is 2.00 bits per heavy atom. The van der Waals surface area contributed by atoms with Crippen LogP contribution in [0.3, 0.4) is 0 Å². The number of halogens is 2. The molecule has 0 fully saturated rings. The zero-order valence-electron chi connectivity index (χ0n) is 19.1. The van der Waals surface area contributed by atoms with Crippen LogP contribution in [0.4, 0.5) is 8.78 Å². The fourth-order valence-electron chi connectivity index (χ4n) is 4.99. The van der Waals surface area contributed by atoms with Crippen LogP contribution < -0.4 is 9.47 Å². The van der Waals surface area contributed by atoms with E-state index in [1.807, 2.05) is 24.3 Å². The van der Waals surface area contributed by atoms with Crippen LogP contribution in [0.1, 0.15) is 58.2 Å². The number of methoxy groups -OCH3 is 1. The van der Waals surface area contributed by atoms with Crippen LogP contribution in [0, 0.1) is 23.0 Å². The van der Waals surface area contributed by atoms with Crippen LogP contribution in [-0.4, -0.2) is 19.7 Å². The summed E-state index contributed by atoms with van der Waals surface area (Å²) in [7, 11) is 1.37. The van der Waals surface area contributed by atoms with Crippen LogP contribution in [0.5, 0.6) is 11.5 Å². The molecule has 0 amide bonds.